The van der Waals surface area contributed by atoms with Crippen LogP contribution in [-0.4, -0.2) is 28.3 Å². The molecule has 0 saturated heterocycles. The van der Waals surface area contributed by atoms with Crippen molar-refractivity contribution in [2.24, 2.45) is 10.8 Å². The molecule has 0 unspecified atom stereocenters. The molecule has 0 radical (unpaired) electrons. The van der Waals surface area contributed by atoms with Crippen LogP contribution in [0.1, 0.15) is 95.7 Å². The second-order valence-corrected chi connectivity index (χ2v) is 13.1. The molecule has 6 aliphatic carbocycles. The maximum absolute atomic E-state index is 14.1. The second kappa shape index (κ2) is 7.62. The highest BCUT2D eigenvalue weighted by Crippen LogP contribution is 2.71. The minimum Gasteiger partial charge on any atom is -0.339 e. The number of hydrogen-bond acceptors (Lipinski definition) is 4. The van der Waals surface area contributed by atoms with Crippen LogP contribution in [0.25, 0.3) is 0 Å². The number of carbonyl (C=O) groups excluding carboxylic acids is 1. The van der Waals surface area contributed by atoms with Crippen molar-refractivity contribution in [3.8, 4) is 0 Å². The Labute approximate surface area is 209 Å². The molecule has 182 valence electrons. The molecule has 1 aromatic heterocycles. The summed E-state index contributed by atoms with van der Waals surface area (Å²) in [6.45, 7) is 4.89. The Hall–Kier alpha value is -1.76. The van der Waals surface area contributed by atoms with Crippen molar-refractivity contribution in [3.63, 3.8) is 0 Å². The fourth-order valence-electron chi connectivity index (χ4n) is 7.29. The molecular formula is C27H33BrFN3O2. The molecule has 1 amide bonds. The average Bonchev–Trinajstić information content (AvgIpc) is 3.29. The number of benzene rings is 1. The van der Waals surface area contributed by atoms with E-state index in [1.807, 2.05) is 29.2 Å². The fraction of sp³-hybridized carbons (Fsp3) is 0.667. The maximum atomic E-state index is 14.1. The first-order valence-corrected chi connectivity index (χ1v) is 13.5. The van der Waals surface area contributed by atoms with E-state index in [9.17, 15) is 9.18 Å². The molecule has 0 aliphatic heterocycles. The Morgan fingerprint density at radius 3 is 2.35 bits per heavy atom. The first-order valence-electron chi connectivity index (χ1n) is 12.7. The van der Waals surface area contributed by atoms with Crippen LogP contribution >= 0.6 is 15.9 Å². The molecular weight excluding hydrogens is 497 g/mol. The van der Waals surface area contributed by atoms with Gasteiger partial charge < -0.3 is 9.42 Å². The third-order valence-electron chi connectivity index (χ3n) is 9.33. The third kappa shape index (κ3) is 3.64. The first-order chi connectivity index (χ1) is 16.1. The van der Waals surface area contributed by atoms with E-state index in [-0.39, 0.29) is 28.1 Å². The average molecular weight is 530 g/mol. The number of alkyl halides is 1. The Balaban J connectivity index is 1.20. The minimum absolute atomic E-state index is 0.0181. The van der Waals surface area contributed by atoms with E-state index in [1.165, 1.54) is 0 Å². The van der Waals surface area contributed by atoms with Crippen LogP contribution in [0.3, 0.4) is 0 Å². The molecule has 2 aromatic rings. The number of carbonyl (C=O) groups is 1. The molecule has 0 spiro atoms. The lowest BCUT2D eigenvalue weighted by molar-refractivity contribution is -0.215. The van der Waals surface area contributed by atoms with Gasteiger partial charge in [0.05, 0.1) is 0 Å². The summed E-state index contributed by atoms with van der Waals surface area (Å²) in [5.74, 6) is 1.99. The summed E-state index contributed by atoms with van der Waals surface area (Å²) in [6, 6.07) is 8.05. The number of rotatable bonds is 7. The molecule has 34 heavy (non-hydrogen) atoms. The molecule has 6 fully saturated rings. The maximum Gasteiger partial charge on any atom is 0.229 e. The summed E-state index contributed by atoms with van der Waals surface area (Å²) < 4.78 is 20.6. The summed E-state index contributed by atoms with van der Waals surface area (Å²) in [5, 5.41) is 4.38. The molecule has 1 aromatic carbocycles. The number of anilines is 1. The van der Waals surface area contributed by atoms with Crippen molar-refractivity contribution in [2.75, 3.05) is 11.4 Å². The molecule has 8 rings (SSSR count). The van der Waals surface area contributed by atoms with Crippen LogP contribution in [0.5, 0.6) is 0 Å². The second-order valence-electron chi connectivity index (χ2n) is 12.2. The highest BCUT2D eigenvalue weighted by atomic mass is 79.9. The van der Waals surface area contributed by atoms with Crippen molar-refractivity contribution < 1.29 is 13.7 Å². The lowest BCUT2D eigenvalue weighted by atomic mass is 9.41. The number of hydrogen-bond donors (Lipinski definition) is 0. The van der Waals surface area contributed by atoms with Gasteiger partial charge in [0.2, 0.25) is 11.8 Å². The number of amides is 1. The molecule has 5 nitrogen and oxygen atoms in total. The molecule has 4 bridgehead atoms. The number of nitrogens with zero attached hydrogens (tertiary/aromatic N) is 3. The molecule has 1 heterocycles. The SMILES string of the molecule is CC(C)c1nc(C23CCC(CN(C(=O)CC45CC(F)(C4)C5)c4cccc(Br)c4)(CC2)CC3)no1. The standard InChI is InChI=1S/C27H33BrFN3O2/c1-18(2)22-30-23(31-34-22)26-9-6-24(7-10-26,8-11-26)17-32(20-5-3-4-19(28)12-20)21(33)13-25-14-27(29,15-25)16-25/h3-5,12,18H,6-11,13-17H2,1-2H3. The van der Waals surface area contributed by atoms with E-state index < -0.39 is 5.67 Å². The third-order valence-corrected chi connectivity index (χ3v) is 9.82. The fourth-order valence-corrected chi connectivity index (χ4v) is 7.68. The largest absolute Gasteiger partial charge is 0.339 e. The molecule has 0 N–H and O–H groups in total. The normalized spacial score (nSPS) is 35.7. The summed E-state index contributed by atoms with van der Waals surface area (Å²) in [5.41, 5.74) is 0.0159. The molecule has 7 heteroatoms. The van der Waals surface area contributed by atoms with E-state index in [0.717, 1.165) is 66.9 Å². The van der Waals surface area contributed by atoms with E-state index in [2.05, 4.69) is 34.9 Å². The zero-order valence-electron chi connectivity index (χ0n) is 20.1. The van der Waals surface area contributed by atoms with Crippen molar-refractivity contribution in [2.45, 2.75) is 95.1 Å². The van der Waals surface area contributed by atoms with Gasteiger partial charge in [-0.15, -0.1) is 0 Å². The Bertz CT molecular complexity index is 1080. The number of halogens is 2. The topological polar surface area (TPSA) is 59.2 Å². The van der Waals surface area contributed by atoms with E-state index in [0.29, 0.717) is 25.7 Å². The van der Waals surface area contributed by atoms with Gasteiger partial charge in [-0.3, -0.25) is 4.79 Å². The van der Waals surface area contributed by atoms with Gasteiger partial charge in [-0.2, -0.15) is 4.98 Å². The highest BCUT2D eigenvalue weighted by molar-refractivity contribution is 9.10. The van der Waals surface area contributed by atoms with Crippen molar-refractivity contribution >= 4 is 27.5 Å². The van der Waals surface area contributed by atoms with Crippen molar-refractivity contribution in [1.29, 1.82) is 0 Å². The predicted octanol–water partition coefficient (Wildman–Crippen LogP) is 6.86. The van der Waals surface area contributed by atoms with E-state index in [1.54, 1.807) is 0 Å². The van der Waals surface area contributed by atoms with Crippen molar-refractivity contribution in [1.82, 2.24) is 10.1 Å². The Kier molecular flexibility index (Phi) is 5.08. The number of fused-ring (bicyclic) bond motifs is 3. The predicted molar refractivity (Wildman–Crippen MR) is 131 cm³/mol. The van der Waals surface area contributed by atoms with Gasteiger partial charge in [0.1, 0.15) is 5.67 Å². The van der Waals surface area contributed by atoms with Crippen LogP contribution in [0.2, 0.25) is 0 Å². The van der Waals surface area contributed by atoms with Gasteiger partial charge >= 0.3 is 0 Å². The molecule has 6 saturated carbocycles. The zero-order valence-corrected chi connectivity index (χ0v) is 21.7. The monoisotopic (exact) mass is 529 g/mol. The summed E-state index contributed by atoms with van der Waals surface area (Å²) >= 11 is 3.58. The van der Waals surface area contributed by atoms with Gasteiger partial charge in [0, 0.05) is 34.5 Å². The quantitative estimate of drug-likeness (QED) is 0.392. The number of aromatic nitrogens is 2. The zero-order chi connectivity index (χ0) is 23.8. The summed E-state index contributed by atoms with van der Waals surface area (Å²) in [4.78, 5) is 20.4. The Morgan fingerprint density at radius 1 is 1.12 bits per heavy atom. The van der Waals surface area contributed by atoms with Crippen LogP contribution in [0.15, 0.2) is 33.3 Å². The summed E-state index contributed by atoms with van der Waals surface area (Å²) in [7, 11) is 0. The van der Waals surface area contributed by atoms with Gasteiger partial charge in [-0.25, -0.2) is 4.39 Å². The molecule has 6 aliphatic rings. The highest BCUT2D eigenvalue weighted by Gasteiger charge is 2.69. The van der Waals surface area contributed by atoms with Crippen LogP contribution < -0.4 is 4.90 Å². The minimum atomic E-state index is -0.972. The van der Waals surface area contributed by atoms with Gasteiger partial charge in [-0.05, 0) is 86.8 Å². The van der Waals surface area contributed by atoms with Crippen molar-refractivity contribution in [3.05, 3.63) is 40.5 Å². The van der Waals surface area contributed by atoms with Gasteiger partial charge in [0.25, 0.3) is 0 Å². The van der Waals surface area contributed by atoms with E-state index >= 15 is 0 Å². The van der Waals surface area contributed by atoms with Gasteiger partial charge in [0.15, 0.2) is 5.82 Å². The Morgan fingerprint density at radius 2 is 1.79 bits per heavy atom. The first kappa shape index (κ1) is 22.7. The van der Waals surface area contributed by atoms with Crippen LogP contribution in [-0.2, 0) is 10.2 Å². The molecule has 0 atom stereocenters. The lowest BCUT2D eigenvalue weighted by Crippen LogP contribution is -2.65. The van der Waals surface area contributed by atoms with Gasteiger partial charge in [-0.1, -0.05) is 41.0 Å². The summed E-state index contributed by atoms with van der Waals surface area (Å²) in [6.07, 6.45) is 8.47. The lowest BCUT2D eigenvalue weighted by Gasteiger charge is -2.66. The van der Waals surface area contributed by atoms with Crippen LogP contribution in [0.4, 0.5) is 10.1 Å². The van der Waals surface area contributed by atoms with E-state index in [4.69, 9.17) is 9.51 Å². The van der Waals surface area contributed by atoms with Crippen LogP contribution in [0, 0.1) is 10.8 Å². The smallest absolute Gasteiger partial charge is 0.229 e.